The van der Waals surface area contributed by atoms with E-state index in [1.165, 1.54) is 35.0 Å². The number of imidazole rings is 1. The summed E-state index contributed by atoms with van der Waals surface area (Å²) in [6, 6.07) is 12.2. The van der Waals surface area contributed by atoms with E-state index in [4.69, 9.17) is 0 Å². The molecule has 3 aromatic heterocycles. The fraction of sp³-hybridized carbons (Fsp3) is 0.0909. The Balaban J connectivity index is 1.75. The highest BCUT2D eigenvalue weighted by molar-refractivity contribution is 5.86. The molecule has 10 heteroatoms. The number of fused-ring (bicyclic) bond motifs is 2. The van der Waals surface area contributed by atoms with E-state index >= 15 is 0 Å². The van der Waals surface area contributed by atoms with Gasteiger partial charge in [-0.3, -0.25) is 9.36 Å². The summed E-state index contributed by atoms with van der Waals surface area (Å²) in [6.07, 6.45) is 3.10. The van der Waals surface area contributed by atoms with Crippen LogP contribution < -0.4 is 10.3 Å². The van der Waals surface area contributed by atoms with E-state index in [-0.39, 0.29) is 11.4 Å². The summed E-state index contributed by atoms with van der Waals surface area (Å²) in [5.41, 5.74) is 2.82. The molecule has 0 aliphatic carbocycles. The first-order valence-electron chi connectivity index (χ1n) is 9.49. The molecule has 0 aliphatic rings. The number of rotatable bonds is 4. The topological polar surface area (TPSA) is 95.1 Å². The highest BCUT2D eigenvalue weighted by Gasteiger charge is 2.16. The number of aromatic hydroxyl groups is 1. The first-order valence-corrected chi connectivity index (χ1v) is 9.49. The molecule has 8 nitrogen and oxygen atoms in total. The van der Waals surface area contributed by atoms with Crippen molar-refractivity contribution < 1.29 is 18.6 Å². The molecular weight excluding hydrogens is 420 g/mol. The smallest absolute Gasteiger partial charge is 0.387 e. The summed E-state index contributed by atoms with van der Waals surface area (Å²) in [5.74, 6) is -0.0450. The predicted molar refractivity (Wildman–Crippen MR) is 113 cm³/mol. The summed E-state index contributed by atoms with van der Waals surface area (Å²) in [5, 5.41) is 10.3. The SMILES string of the molecule is Cn1cnc2ccc(-c3cc4cnc(O)nc4n(-c4ccc(OC(F)F)cc4)c3=O)cc21. The van der Waals surface area contributed by atoms with Gasteiger partial charge in [0.15, 0.2) is 5.65 Å². The summed E-state index contributed by atoms with van der Waals surface area (Å²) in [4.78, 5) is 25.7. The zero-order chi connectivity index (χ0) is 22.4. The van der Waals surface area contributed by atoms with Crippen molar-refractivity contribution >= 4 is 22.1 Å². The standard InChI is InChI=1S/C22H15F2N5O3/c1-28-11-26-17-7-2-12(9-18(17)28)16-8-13-10-25-22(31)27-19(13)29(20(16)30)14-3-5-15(6-4-14)32-21(23)24/h2-11,21H,1H3,(H,25,27,31). The van der Waals surface area contributed by atoms with E-state index in [1.807, 2.05) is 23.7 Å². The zero-order valence-electron chi connectivity index (χ0n) is 16.6. The molecule has 0 radical (unpaired) electrons. The molecule has 0 aliphatic heterocycles. The number of aryl methyl sites for hydroxylation is 1. The Morgan fingerprint density at radius 3 is 2.59 bits per heavy atom. The second kappa shape index (κ2) is 7.41. The third kappa shape index (κ3) is 3.31. The number of alkyl halides is 2. The van der Waals surface area contributed by atoms with Gasteiger partial charge in [0.05, 0.1) is 23.0 Å². The fourth-order valence-electron chi connectivity index (χ4n) is 3.60. The molecule has 1 N–H and O–H groups in total. The molecule has 3 heterocycles. The number of benzene rings is 2. The zero-order valence-corrected chi connectivity index (χ0v) is 16.6. The van der Waals surface area contributed by atoms with Crippen molar-refractivity contribution in [1.29, 1.82) is 0 Å². The highest BCUT2D eigenvalue weighted by Crippen LogP contribution is 2.26. The van der Waals surface area contributed by atoms with Gasteiger partial charge in [0.2, 0.25) is 0 Å². The van der Waals surface area contributed by atoms with Crippen LogP contribution in [-0.4, -0.2) is 35.8 Å². The summed E-state index contributed by atoms with van der Waals surface area (Å²) >= 11 is 0. The molecule has 0 saturated heterocycles. The van der Waals surface area contributed by atoms with Crippen molar-refractivity contribution in [2.45, 2.75) is 6.61 Å². The monoisotopic (exact) mass is 435 g/mol. The first-order chi connectivity index (χ1) is 15.4. The Bertz CT molecular complexity index is 1530. The van der Waals surface area contributed by atoms with Crippen LogP contribution in [0.3, 0.4) is 0 Å². The summed E-state index contributed by atoms with van der Waals surface area (Å²) in [7, 11) is 1.86. The van der Waals surface area contributed by atoms with E-state index in [0.717, 1.165) is 11.0 Å². The lowest BCUT2D eigenvalue weighted by molar-refractivity contribution is -0.0498. The molecule has 5 rings (SSSR count). The van der Waals surface area contributed by atoms with E-state index in [0.29, 0.717) is 22.2 Å². The van der Waals surface area contributed by atoms with E-state index in [1.54, 1.807) is 18.5 Å². The lowest BCUT2D eigenvalue weighted by Gasteiger charge is -2.13. The molecule has 0 bridgehead atoms. The van der Waals surface area contributed by atoms with Crippen LogP contribution in [0.4, 0.5) is 8.78 Å². The van der Waals surface area contributed by atoms with Gasteiger partial charge >= 0.3 is 12.6 Å². The molecule has 2 aromatic carbocycles. The number of pyridine rings is 1. The van der Waals surface area contributed by atoms with Crippen molar-refractivity contribution in [2.75, 3.05) is 0 Å². The van der Waals surface area contributed by atoms with Crippen LogP contribution in [-0.2, 0) is 7.05 Å². The average Bonchev–Trinajstić information content (AvgIpc) is 3.14. The molecule has 0 amide bonds. The largest absolute Gasteiger partial charge is 0.479 e. The average molecular weight is 435 g/mol. The lowest BCUT2D eigenvalue weighted by Crippen LogP contribution is -2.21. The minimum absolute atomic E-state index is 0.0450. The molecule has 160 valence electrons. The van der Waals surface area contributed by atoms with Crippen LogP contribution >= 0.6 is 0 Å². The molecule has 0 fully saturated rings. The van der Waals surface area contributed by atoms with E-state index < -0.39 is 18.2 Å². The number of aromatic nitrogens is 5. The molecule has 0 unspecified atom stereocenters. The van der Waals surface area contributed by atoms with Crippen LogP contribution in [0.5, 0.6) is 11.8 Å². The van der Waals surface area contributed by atoms with Gasteiger partial charge in [-0.15, -0.1) is 0 Å². The summed E-state index contributed by atoms with van der Waals surface area (Å²) < 4.78 is 32.5. The van der Waals surface area contributed by atoms with Gasteiger partial charge < -0.3 is 14.4 Å². The van der Waals surface area contributed by atoms with Crippen LogP contribution in [0, 0.1) is 0 Å². The van der Waals surface area contributed by atoms with Gasteiger partial charge in [0.25, 0.3) is 5.56 Å². The van der Waals surface area contributed by atoms with Gasteiger partial charge in [-0.05, 0) is 48.0 Å². The Morgan fingerprint density at radius 2 is 1.84 bits per heavy atom. The van der Waals surface area contributed by atoms with Gasteiger partial charge in [0, 0.05) is 24.2 Å². The maximum absolute atomic E-state index is 13.6. The third-order valence-corrected chi connectivity index (χ3v) is 5.08. The van der Waals surface area contributed by atoms with Crippen LogP contribution in [0.2, 0.25) is 0 Å². The second-order valence-electron chi connectivity index (χ2n) is 7.08. The minimum atomic E-state index is -2.96. The Hall–Kier alpha value is -4.34. The Labute approximate surface area is 179 Å². The summed E-state index contributed by atoms with van der Waals surface area (Å²) in [6.45, 7) is -2.96. The van der Waals surface area contributed by atoms with Crippen LogP contribution in [0.25, 0.3) is 38.9 Å². The van der Waals surface area contributed by atoms with Gasteiger partial charge in [0.1, 0.15) is 5.75 Å². The number of ether oxygens (including phenoxy) is 1. The highest BCUT2D eigenvalue weighted by atomic mass is 19.3. The lowest BCUT2D eigenvalue weighted by atomic mass is 10.0. The molecule has 0 saturated carbocycles. The number of hydrogen-bond donors (Lipinski definition) is 1. The number of halogens is 2. The fourth-order valence-corrected chi connectivity index (χ4v) is 3.60. The van der Waals surface area contributed by atoms with Gasteiger partial charge in [-0.1, -0.05) is 6.07 Å². The molecular formula is C22H15F2N5O3. The second-order valence-corrected chi connectivity index (χ2v) is 7.08. The van der Waals surface area contributed by atoms with Crippen molar-refractivity contribution in [3.8, 4) is 28.6 Å². The number of hydrogen-bond acceptors (Lipinski definition) is 6. The Kier molecular flexibility index (Phi) is 4.54. The normalized spacial score (nSPS) is 11.5. The van der Waals surface area contributed by atoms with E-state index in [2.05, 4.69) is 19.7 Å². The molecule has 0 spiro atoms. The van der Waals surface area contributed by atoms with Crippen LogP contribution in [0.15, 0.2) is 65.8 Å². The van der Waals surface area contributed by atoms with Crippen LogP contribution in [0.1, 0.15) is 0 Å². The Morgan fingerprint density at radius 1 is 1.06 bits per heavy atom. The van der Waals surface area contributed by atoms with Crippen molar-refractivity contribution in [2.24, 2.45) is 7.05 Å². The van der Waals surface area contributed by atoms with Crippen molar-refractivity contribution in [3.05, 3.63) is 71.4 Å². The molecule has 0 atom stereocenters. The maximum Gasteiger partial charge on any atom is 0.387 e. The van der Waals surface area contributed by atoms with Crippen molar-refractivity contribution in [3.63, 3.8) is 0 Å². The van der Waals surface area contributed by atoms with Gasteiger partial charge in [-0.25, -0.2) is 9.97 Å². The third-order valence-electron chi connectivity index (χ3n) is 5.08. The van der Waals surface area contributed by atoms with Crippen molar-refractivity contribution in [1.82, 2.24) is 24.1 Å². The molecule has 32 heavy (non-hydrogen) atoms. The number of nitrogens with zero attached hydrogens (tertiary/aromatic N) is 5. The maximum atomic E-state index is 13.6. The predicted octanol–water partition coefficient (Wildman–Crippen LogP) is 3.64. The minimum Gasteiger partial charge on any atom is -0.479 e. The molecule has 5 aromatic rings. The quantitative estimate of drug-likeness (QED) is 0.463. The van der Waals surface area contributed by atoms with E-state index in [9.17, 15) is 18.7 Å². The van der Waals surface area contributed by atoms with Gasteiger partial charge in [-0.2, -0.15) is 13.8 Å². The first kappa shape index (κ1) is 19.6.